The zero-order chi connectivity index (χ0) is 14.7. The summed E-state index contributed by atoms with van der Waals surface area (Å²) < 4.78 is 1.99. The van der Waals surface area contributed by atoms with E-state index in [2.05, 4.69) is 65.9 Å². The number of aromatic nitrogens is 3. The smallest absolute Gasteiger partial charge is 0.0638 e. The molecule has 0 saturated carbocycles. The van der Waals surface area contributed by atoms with Gasteiger partial charge in [-0.2, -0.15) is 5.10 Å². The van der Waals surface area contributed by atoms with Gasteiger partial charge in [-0.1, -0.05) is 18.2 Å². The fourth-order valence-electron chi connectivity index (χ4n) is 2.68. The molecule has 0 amide bonds. The van der Waals surface area contributed by atoms with Gasteiger partial charge < -0.3 is 10.3 Å². The molecule has 3 aromatic rings. The predicted octanol–water partition coefficient (Wildman–Crippen LogP) is 3.03. The molecule has 0 aliphatic heterocycles. The van der Waals surface area contributed by atoms with E-state index in [4.69, 9.17) is 0 Å². The second-order valence-electron chi connectivity index (χ2n) is 5.38. The molecule has 0 radical (unpaired) electrons. The van der Waals surface area contributed by atoms with Gasteiger partial charge in [-0.15, -0.1) is 0 Å². The summed E-state index contributed by atoms with van der Waals surface area (Å²) in [7, 11) is 0. The first kappa shape index (κ1) is 13.9. The van der Waals surface area contributed by atoms with E-state index < -0.39 is 0 Å². The van der Waals surface area contributed by atoms with Crippen LogP contribution < -0.4 is 5.32 Å². The first-order chi connectivity index (χ1) is 10.3. The van der Waals surface area contributed by atoms with Gasteiger partial charge in [-0.25, -0.2) is 0 Å². The minimum Gasteiger partial charge on any atom is -0.361 e. The Hall–Kier alpha value is -2.07. The van der Waals surface area contributed by atoms with Crippen LogP contribution in [-0.2, 0) is 19.5 Å². The molecule has 2 heterocycles. The van der Waals surface area contributed by atoms with Crippen molar-refractivity contribution >= 4 is 10.9 Å². The minimum absolute atomic E-state index is 0.883. The molecule has 0 saturated heterocycles. The van der Waals surface area contributed by atoms with Crippen LogP contribution in [0.2, 0.25) is 0 Å². The van der Waals surface area contributed by atoms with Crippen molar-refractivity contribution in [1.82, 2.24) is 20.1 Å². The summed E-state index contributed by atoms with van der Waals surface area (Å²) in [5.74, 6) is 0. The number of fused-ring (bicyclic) bond motifs is 1. The molecular weight excluding hydrogens is 260 g/mol. The molecule has 1 aromatic carbocycles. The third-order valence-corrected chi connectivity index (χ3v) is 3.93. The fraction of sp³-hybridized carbons (Fsp3) is 0.353. The van der Waals surface area contributed by atoms with Gasteiger partial charge in [0.05, 0.1) is 5.69 Å². The number of nitrogens with one attached hydrogen (secondary N) is 2. The molecule has 2 aromatic heterocycles. The zero-order valence-corrected chi connectivity index (χ0v) is 12.7. The molecule has 110 valence electrons. The molecule has 0 spiro atoms. The highest BCUT2D eigenvalue weighted by Crippen LogP contribution is 2.17. The summed E-state index contributed by atoms with van der Waals surface area (Å²) in [6.45, 7) is 6.96. The number of nitrogens with zero attached hydrogens (tertiary/aromatic N) is 2. The van der Waals surface area contributed by atoms with E-state index in [0.717, 1.165) is 31.7 Å². The number of H-pyrrole nitrogens is 1. The lowest BCUT2D eigenvalue weighted by Gasteiger charge is -2.03. The highest BCUT2D eigenvalue weighted by atomic mass is 15.3. The van der Waals surface area contributed by atoms with Gasteiger partial charge in [0.2, 0.25) is 0 Å². The van der Waals surface area contributed by atoms with E-state index >= 15 is 0 Å². The van der Waals surface area contributed by atoms with Gasteiger partial charge in [-0.05, 0) is 38.4 Å². The van der Waals surface area contributed by atoms with Crippen LogP contribution in [0.25, 0.3) is 10.9 Å². The summed E-state index contributed by atoms with van der Waals surface area (Å²) in [6.07, 6.45) is 5.28. The zero-order valence-electron chi connectivity index (χ0n) is 12.7. The molecular formula is C17H22N4. The van der Waals surface area contributed by atoms with Crippen molar-refractivity contribution in [1.29, 1.82) is 0 Å². The Labute approximate surface area is 125 Å². The summed E-state index contributed by atoms with van der Waals surface area (Å²) in [5.41, 5.74) is 5.00. The van der Waals surface area contributed by atoms with Crippen LogP contribution in [0.4, 0.5) is 0 Å². The van der Waals surface area contributed by atoms with Crippen LogP contribution >= 0.6 is 0 Å². The maximum Gasteiger partial charge on any atom is 0.0638 e. The summed E-state index contributed by atoms with van der Waals surface area (Å²) in [5, 5.41) is 9.31. The normalized spacial score (nSPS) is 11.3. The summed E-state index contributed by atoms with van der Waals surface area (Å²) in [4.78, 5) is 3.33. The monoisotopic (exact) mass is 282 g/mol. The van der Waals surface area contributed by atoms with Gasteiger partial charge in [-0.3, -0.25) is 4.68 Å². The molecule has 2 N–H and O–H groups in total. The number of hydrogen-bond acceptors (Lipinski definition) is 2. The number of hydrogen-bond donors (Lipinski definition) is 2. The Bertz CT molecular complexity index is 723. The lowest BCUT2D eigenvalue weighted by atomic mass is 10.1. The average Bonchev–Trinajstić information content (AvgIpc) is 3.07. The maximum atomic E-state index is 4.47. The van der Waals surface area contributed by atoms with Crippen molar-refractivity contribution < 1.29 is 0 Å². The third kappa shape index (κ3) is 3.00. The van der Waals surface area contributed by atoms with E-state index in [9.17, 15) is 0 Å². The molecule has 4 heteroatoms. The van der Waals surface area contributed by atoms with Crippen molar-refractivity contribution in [3.8, 4) is 0 Å². The van der Waals surface area contributed by atoms with Crippen LogP contribution in [0.15, 0.2) is 36.7 Å². The van der Waals surface area contributed by atoms with Crippen LogP contribution in [0.3, 0.4) is 0 Å². The van der Waals surface area contributed by atoms with Crippen LogP contribution in [0, 0.1) is 6.92 Å². The third-order valence-electron chi connectivity index (χ3n) is 3.93. The number of para-hydroxylation sites is 1. The molecule has 0 fully saturated rings. The second-order valence-corrected chi connectivity index (χ2v) is 5.38. The number of benzene rings is 1. The van der Waals surface area contributed by atoms with Crippen molar-refractivity contribution in [2.75, 3.05) is 6.54 Å². The minimum atomic E-state index is 0.883. The van der Waals surface area contributed by atoms with Crippen LogP contribution in [-0.4, -0.2) is 21.3 Å². The Balaban J connectivity index is 1.55. The Morgan fingerprint density at radius 3 is 2.90 bits per heavy atom. The quantitative estimate of drug-likeness (QED) is 0.683. The van der Waals surface area contributed by atoms with E-state index in [-0.39, 0.29) is 0 Å². The summed E-state index contributed by atoms with van der Waals surface area (Å²) in [6, 6.07) is 8.45. The molecule has 3 rings (SSSR count). The lowest BCUT2D eigenvalue weighted by Crippen LogP contribution is -2.16. The highest BCUT2D eigenvalue weighted by Gasteiger charge is 2.05. The van der Waals surface area contributed by atoms with Gasteiger partial charge >= 0.3 is 0 Å². The fourth-order valence-corrected chi connectivity index (χ4v) is 2.68. The van der Waals surface area contributed by atoms with Gasteiger partial charge in [0.1, 0.15) is 0 Å². The largest absolute Gasteiger partial charge is 0.361 e. The SMILES string of the molecule is CCn1cc(CNCCc2c[nH]c3ccccc23)c(C)n1. The van der Waals surface area contributed by atoms with E-state index in [1.54, 1.807) is 0 Å². The standard InChI is InChI=1S/C17H22N4/c1-3-21-12-15(13(2)20-21)10-18-9-8-14-11-19-17-7-5-4-6-16(14)17/h4-7,11-12,18-19H,3,8-10H2,1-2H3. The molecule has 0 aliphatic rings. The molecule has 0 atom stereocenters. The van der Waals surface area contributed by atoms with Gasteiger partial charge in [0.15, 0.2) is 0 Å². The van der Waals surface area contributed by atoms with Crippen LogP contribution in [0.5, 0.6) is 0 Å². The molecule has 4 nitrogen and oxygen atoms in total. The van der Waals surface area contributed by atoms with Gasteiger partial charge in [0, 0.05) is 41.9 Å². The van der Waals surface area contributed by atoms with E-state index in [1.807, 2.05) is 4.68 Å². The van der Waals surface area contributed by atoms with Crippen molar-refractivity contribution in [3.63, 3.8) is 0 Å². The Morgan fingerprint density at radius 1 is 1.24 bits per heavy atom. The van der Waals surface area contributed by atoms with Crippen molar-refractivity contribution in [2.24, 2.45) is 0 Å². The maximum absolute atomic E-state index is 4.47. The number of aryl methyl sites for hydroxylation is 2. The number of aromatic amines is 1. The molecule has 21 heavy (non-hydrogen) atoms. The van der Waals surface area contributed by atoms with Crippen molar-refractivity contribution in [3.05, 3.63) is 53.5 Å². The first-order valence-corrected chi connectivity index (χ1v) is 7.56. The van der Waals surface area contributed by atoms with Crippen molar-refractivity contribution in [2.45, 2.75) is 33.4 Å². The van der Waals surface area contributed by atoms with Crippen LogP contribution in [0.1, 0.15) is 23.7 Å². The lowest BCUT2D eigenvalue weighted by molar-refractivity contribution is 0.651. The summed E-state index contributed by atoms with van der Waals surface area (Å²) >= 11 is 0. The van der Waals surface area contributed by atoms with Gasteiger partial charge in [0.25, 0.3) is 0 Å². The predicted molar refractivity (Wildman–Crippen MR) is 86.3 cm³/mol. The van der Waals surface area contributed by atoms with E-state index in [1.165, 1.54) is 22.0 Å². The average molecular weight is 282 g/mol. The molecule has 0 unspecified atom stereocenters. The Morgan fingerprint density at radius 2 is 2.10 bits per heavy atom. The first-order valence-electron chi connectivity index (χ1n) is 7.56. The second kappa shape index (κ2) is 6.14. The molecule has 0 aliphatic carbocycles. The highest BCUT2D eigenvalue weighted by molar-refractivity contribution is 5.83. The van der Waals surface area contributed by atoms with E-state index in [0.29, 0.717) is 0 Å². The number of rotatable bonds is 6. The molecule has 0 bridgehead atoms. The Kier molecular flexibility index (Phi) is 4.06. The topological polar surface area (TPSA) is 45.6 Å².